The van der Waals surface area contributed by atoms with E-state index in [0.29, 0.717) is 5.92 Å². The van der Waals surface area contributed by atoms with Crippen molar-refractivity contribution in [2.45, 2.75) is 32.9 Å². The van der Waals surface area contributed by atoms with Gasteiger partial charge in [0.15, 0.2) is 0 Å². The summed E-state index contributed by atoms with van der Waals surface area (Å²) >= 11 is 1.70. The minimum Gasteiger partial charge on any atom is -0.323 e. The quantitative estimate of drug-likeness (QED) is 0.839. The number of hydrogen-bond acceptors (Lipinski definition) is 4. The van der Waals surface area contributed by atoms with Crippen LogP contribution >= 0.6 is 11.3 Å². The Bertz CT molecular complexity index is 294. The van der Waals surface area contributed by atoms with Gasteiger partial charge in [-0.2, -0.15) is 0 Å². The van der Waals surface area contributed by atoms with E-state index >= 15 is 0 Å². The molecule has 86 valence electrons. The van der Waals surface area contributed by atoms with Gasteiger partial charge < -0.3 is 10.6 Å². The zero-order valence-electron chi connectivity index (χ0n) is 10.0. The van der Waals surface area contributed by atoms with Crippen LogP contribution in [0, 0.1) is 5.92 Å². The summed E-state index contributed by atoms with van der Waals surface area (Å²) in [4.78, 5) is 6.68. The molecule has 0 radical (unpaired) electrons. The molecule has 15 heavy (non-hydrogen) atoms. The maximum Gasteiger partial charge on any atom is 0.107 e. The first-order valence-electron chi connectivity index (χ1n) is 5.33. The largest absolute Gasteiger partial charge is 0.323 e. The summed E-state index contributed by atoms with van der Waals surface area (Å²) < 4.78 is 0. The lowest BCUT2D eigenvalue weighted by Gasteiger charge is -2.11. The number of aromatic nitrogens is 1. The average molecular weight is 227 g/mol. The van der Waals surface area contributed by atoms with Gasteiger partial charge in [0.1, 0.15) is 5.01 Å². The van der Waals surface area contributed by atoms with Crippen molar-refractivity contribution in [3.8, 4) is 0 Å². The van der Waals surface area contributed by atoms with Gasteiger partial charge in [0.25, 0.3) is 0 Å². The molecule has 0 amide bonds. The van der Waals surface area contributed by atoms with Crippen molar-refractivity contribution >= 4 is 11.3 Å². The first-order chi connectivity index (χ1) is 6.99. The second-order valence-electron chi connectivity index (χ2n) is 4.64. The summed E-state index contributed by atoms with van der Waals surface area (Å²) in [6, 6.07) is 0.0946. The van der Waals surface area contributed by atoms with Crippen LogP contribution in [0.3, 0.4) is 0 Å². The van der Waals surface area contributed by atoms with Crippen molar-refractivity contribution < 1.29 is 0 Å². The minimum absolute atomic E-state index is 0.0946. The zero-order chi connectivity index (χ0) is 11.4. The average Bonchev–Trinajstić information content (AvgIpc) is 2.50. The molecule has 1 unspecified atom stereocenters. The Balaban J connectivity index is 2.58. The van der Waals surface area contributed by atoms with Crippen molar-refractivity contribution in [3.63, 3.8) is 0 Å². The van der Waals surface area contributed by atoms with Crippen LogP contribution in [0.15, 0.2) is 5.38 Å². The Morgan fingerprint density at radius 2 is 2.13 bits per heavy atom. The second kappa shape index (κ2) is 5.58. The standard InChI is InChI=1S/C11H21N3S/c1-8(2)5-9(12)10-7-15-11(13-10)6-14(3)4/h7-9H,5-6,12H2,1-4H3. The summed E-state index contributed by atoms with van der Waals surface area (Å²) in [6.07, 6.45) is 1.01. The van der Waals surface area contributed by atoms with E-state index < -0.39 is 0 Å². The Hall–Kier alpha value is -0.450. The monoisotopic (exact) mass is 227 g/mol. The molecule has 0 fully saturated rings. The Morgan fingerprint density at radius 1 is 1.47 bits per heavy atom. The van der Waals surface area contributed by atoms with Crippen molar-refractivity contribution in [2.75, 3.05) is 14.1 Å². The highest BCUT2D eigenvalue weighted by Crippen LogP contribution is 2.21. The van der Waals surface area contributed by atoms with Crippen LogP contribution in [0.25, 0.3) is 0 Å². The lowest BCUT2D eigenvalue weighted by molar-refractivity contribution is 0.400. The predicted octanol–water partition coefficient (Wildman–Crippen LogP) is 2.25. The molecule has 3 nitrogen and oxygen atoms in total. The van der Waals surface area contributed by atoms with Crippen molar-refractivity contribution in [1.82, 2.24) is 9.88 Å². The SMILES string of the molecule is CC(C)CC(N)c1csc(CN(C)C)n1. The van der Waals surface area contributed by atoms with Gasteiger partial charge in [0.2, 0.25) is 0 Å². The van der Waals surface area contributed by atoms with Crippen molar-refractivity contribution in [1.29, 1.82) is 0 Å². The fourth-order valence-electron chi connectivity index (χ4n) is 1.47. The molecule has 4 heteroatoms. The van der Waals surface area contributed by atoms with Crippen molar-refractivity contribution in [2.24, 2.45) is 11.7 Å². The fourth-order valence-corrected chi connectivity index (χ4v) is 2.44. The molecule has 1 rings (SSSR count). The van der Waals surface area contributed by atoms with Gasteiger partial charge in [-0.3, -0.25) is 0 Å². The Kier molecular flexibility index (Phi) is 4.70. The van der Waals surface area contributed by atoms with Gasteiger partial charge in [-0.25, -0.2) is 4.98 Å². The minimum atomic E-state index is 0.0946. The number of hydrogen-bond donors (Lipinski definition) is 1. The summed E-state index contributed by atoms with van der Waals surface area (Å²) in [5.74, 6) is 0.624. The number of rotatable bonds is 5. The second-order valence-corrected chi connectivity index (χ2v) is 5.58. The van der Waals surface area contributed by atoms with E-state index in [4.69, 9.17) is 5.73 Å². The van der Waals surface area contributed by atoms with Crippen LogP contribution in [-0.2, 0) is 6.54 Å². The molecule has 0 aliphatic heterocycles. The molecule has 1 aromatic rings. The first-order valence-corrected chi connectivity index (χ1v) is 6.21. The Labute approximate surface area is 96.3 Å². The Morgan fingerprint density at radius 3 is 2.67 bits per heavy atom. The molecule has 1 aromatic heterocycles. The summed E-state index contributed by atoms with van der Waals surface area (Å²) in [7, 11) is 4.10. The van der Waals surface area contributed by atoms with E-state index in [9.17, 15) is 0 Å². The summed E-state index contributed by atoms with van der Waals surface area (Å²) in [5.41, 5.74) is 7.12. The molecule has 0 spiro atoms. The van der Waals surface area contributed by atoms with E-state index in [1.54, 1.807) is 11.3 Å². The van der Waals surface area contributed by atoms with E-state index in [1.807, 2.05) is 0 Å². The van der Waals surface area contributed by atoms with E-state index in [0.717, 1.165) is 23.7 Å². The van der Waals surface area contributed by atoms with E-state index in [1.165, 1.54) is 0 Å². The molecular weight excluding hydrogens is 206 g/mol. The van der Waals surface area contributed by atoms with Crippen LogP contribution in [0.2, 0.25) is 0 Å². The van der Waals surface area contributed by atoms with Gasteiger partial charge >= 0.3 is 0 Å². The van der Waals surface area contributed by atoms with Gasteiger partial charge in [-0.1, -0.05) is 13.8 Å². The summed E-state index contributed by atoms with van der Waals surface area (Å²) in [6.45, 7) is 5.28. The fraction of sp³-hybridized carbons (Fsp3) is 0.727. The molecule has 1 heterocycles. The van der Waals surface area contributed by atoms with Crippen LogP contribution < -0.4 is 5.73 Å². The highest BCUT2D eigenvalue weighted by atomic mass is 32.1. The van der Waals surface area contributed by atoms with Gasteiger partial charge in [0.05, 0.1) is 5.69 Å². The van der Waals surface area contributed by atoms with E-state index in [2.05, 4.69) is 43.2 Å². The highest BCUT2D eigenvalue weighted by molar-refractivity contribution is 7.09. The lowest BCUT2D eigenvalue weighted by Crippen LogP contribution is -2.14. The number of nitrogens with zero attached hydrogens (tertiary/aromatic N) is 2. The van der Waals surface area contributed by atoms with Gasteiger partial charge in [0, 0.05) is 18.0 Å². The van der Waals surface area contributed by atoms with E-state index in [-0.39, 0.29) is 6.04 Å². The maximum absolute atomic E-state index is 6.07. The molecule has 1 atom stereocenters. The number of thiazole rings is 1. The molecule has 0 saturated heterocycles. The lowest BCUT2D eigenvalue weighted by atomic mass is 10.0. The first kappa shape index (κ1) is 12.6. The smallest absolute Gasteiger partial charge is 0.107 e. The zero-order valence-corrected chi connectivity index (χ0v) is 10.8. The number of nitrogens with two attached hydrogens (primary N) is 1. The van der Waals surface area contributed by atoms with Crippen LogP contribution in [0.1, 0.15) is 37.0 Å². The third-order valence-corrected chi connectivity index (χ3v) is 2.98. The van der Waals surface area contributed by atoms with Gasteiger partial charge in [-0.05, 0) is 26.4 Å². The molecule has 0 aliphatic rings. The van der Waals surface area contributed by atoms with Crippen LogP contribution in [0.5, 0.6) is 0 Å². The van der Waals surface area contributed by atoms with Gasteiger partial charge in [-0.15, -0.1) is 11.3 Å². The summed E-state index contributed by atoms with van der Waals surface area (Å²) in [5, 5.41) is 3.24. The molecule has 0 aliphatic carbocycles. The predicted molar refractivity (Wildman–Crippen MR) is 65.9 cm³/mol. The topological polar surface area (TPSA) is 42.1 Å². The maximum atomic E-state index is 6.07. The molecule has 0 bridgehead atoms. The third-order valence-electron chi connectivity index (χ3n) is 2.13. The van der Waals surface area contributed by atoms with Crippen molar-refractivity contribution in [3.05, 3.63) is 16.1 Å². The highest BCUT2D eigenvalue weighted by Gasteiger charge is 2.12. The van der Waals surface area contributed by atoms with Crippen LogP contribution in [-0.4, -0.2) is 24.0 Å². The molecular formula is C11H21N3S. The molecule has 2 N–H and O–H groups in total. The van der Waals surface area contributed by atoms with Crippen LogP contribution in [0.4, 0.5) is 0 Å². The molecule has 0 saturated carbocycles. The third kappa shape index (κ3) is 4.28. The normalized spacial score (nSPS) is 13.8. The molecule has 0 aromatic carbocycles.